The highest BCUT2D eigenvalue weighted by Gasteiger charge is 2.09. The number of rotatable bonds is 8. The number of nitrogens with zero attached hydrogens (tertiary/aromatic N) is 5. The van der Waals surface area contributed by atoms with Gasteiger partial charge in [-0.1, -0.05) is 0 Å². The van der Waals surface area contributed by atoms with E-state index in [9.17, 15) is 0 Å². The highest BCUT2D eigenvalue weighted by Crippen LogP contribution is 2.22. The van der Waals surface area contributed by atoms with Crippen LogP contribution >= 0.6 is 0 Å². The predicted octanol–water partition coefficient (Wildman–Crippen LogP) is 3.89. The number of aromatic nitrogens is 3. The van der Waals surface area contributed by atoms with Crippen LogP contribution in [0.1, 0.15) is 6.92 Å². The van der Waals surface area contributed by atoms with Gasteiger partial charge in [0.05, 0.1) is 6.61 Å². The van der Waals surface area contributed by atoms with Crippen LogP contribution in [0.4, 0.5) is 34.6 Å². The number of hydrogen-bond acceptors (Lipinski definition) is 8. The summed E-state index contributed by atoms with van der Waals surface area (Å²) in [5, 5.41) is 6.42. The first kappa shape index (κ1) is 20.2. The molecule has 2 N–H and O–H groups in total. The Hall–Kier alpha value is -3.55. The van der Waals surface area contributed by atoms with Crippen molar-refractivity contribution in [2.75, 3.05) is 55.2 Å². The number of ether oxygens (including phenoxy) is 1. The number of benzene rings is 2. The Labute approximate surface area is 171 Å². The van der Waals surface area contributed by atoms with Gasteiger partial charge in [-0.2, -0.15) is 15.0 Å². The van der Waals surface area contributed by atoms with Crippen molar-refractivity contribution in [2.45, 2.75) is 6.92 Å². The lowest BCUT2D eigenvalue weighted by molar-refractivity contribution is 0.312. The van der Waals surface area contributed by atoms with E-state index in [0.717, 1.165) is 22.7 Å². The molecule has 0 atom stereocenters. The molecule has 8 heteroatoms. The molecule has 0 unspecified atom stereocenters. The highest BCUT2D eigenvalue weighted by atomic mass is 16.5. The second kappa shape index (κ2) is 9.09. The Morgan fingerprint density at radius 2 is 1.10 bits per heavy atom. The van der Waals surface area contributed by atoms with E-state index in [1.807, 2.05) is 93.4 Å². The van der Waals surface area contributed by atoms with Crippen molar-refractivity contribution >= 4 is 34.6 Å². The lowest BCUT2D eigenvalue weighted by Gasteiger charge is -2.14. The standard InChI is InChI=1S/C21H27N7O/c1-6-29-21-25-19(22-15-7-11-17(12-8-15)27(2)3)24-20(26-21)23-16-9-13-18(14-10-16)28(4)5/h7-14H,6H2,1-5H3,(H2,22,23,24,25,26). The quantitative estimate of drug-likeness (QED) is 0.597. The Balaban J connectivity index is 1.81. The average molecular weight is 393 g/mol. The highest BCUT2D eigenvalue weighted by molar-refractivity contribution is 5.62. The van der Waals surface area contributed by atoms with E-state index in [4.69, 9.17) is 4.74 Å². The summed E-state index contributed by atoms with van der Waals surface area (Å²) in [6.07, 6.45) is 0. The van der Waals surface area contributed by atoms with Gasteiger partial charge in [-0.15, -0.1) is 0 Å². The van der Waals surface area contributed by atoms with E-state index in [1.54, 1.807) is 0 Å². The van der Waals surface area contributed by atoms with Crippen LogP contribution in [0.2, 0.25) is 0 Å². The van der Waals surface area contributed by atoms with Gasteiger partial charge in [-0.3, -0.25) is 0 Å². The normalized spacial score (nSPS) is 10.4. The minimum Gasteiger partial charge on any atom is -0.464 e. The minimum atomic E-state index is 0.266. The first-order valence-electron chi connectivity index (χ1n) is 9.42. The predicted molar refractivity (Wildman–Crippen MR) is 119 cm³/mol. The second-order valence-corrected chi connectivity index (χ2v) is 6.83. The van der Waals surface area contributed by atoms with Crippen LogP contribution in [-0.4, -0.2) is 49.7 Å². The molecular formula is C21H27N7O. The zero-order chi connectivity index (χ0) is 20.8. The van der Waals surface area contributed by atoms with E-state index in [2.05, 4.69) is 25.6 Å². The minimum absolute atomic E-state index is 0.266. The van der Waals surface area contributed by atoms with Crippen LogP contribution in [0.5, 0.6) is 6.01 Å². The maximum Gasteiger partial charge on any atom is 0.323 e. The fourth-order valence-corrected chi connectivity index (χ4v) is 2.61. The van der Waals surface area contributed by atoms with Crippen molar-refractivity contribution in [3.63, 3.8) is 0 Å². The van der Waals surface area contributed by atoms with Crippen LogP contribution in [0.15, 0.2) is 48.5 Å². The van der Waals surface area contributed by atoms with E-state index in [1.165, 1.54) is 0 Å². The maximum atomic E-state index is 5.51. The van der Waals surface area contributed by atoms with Gasteiger partial charge in [0.15, 0.2) is 0 Å². The third-order valence-electron chi connectivity index (χ3n) is 4.17. The Morgan fingerprint density at radius 1 is 0.690 bits per heavy atom. The number of nitrogens with one attached hydrogen (secondary N) is 2. The average Bonchev–Trinajstić information content (AvgIpc) is 2.69. The third-order valence-corrected chi connectivity index (χ3v) is 4.17. The molecule has 0 saturated heterocycles. The zero-order valence-electron chi connectivity index (χ0n) is 17.5. The first-order chi connectivity index (χ1) is 13.9. The van der Waals surface area contributed by atoms with Gasteiger partial charge in [-0.05, 0) is 55.5 Å². The molecule has 0 amide bonds. The summed E-state index contributed by atoms with van der Waals surface area (Å²) in [6, 6.07) is 16.3. The largest absolute Gasteiger partial charge is 0.464 e. The summed E-state index contributed by atoms with van der Waals surface area (Å²) >= 11 is 0. The fraction of sp³-hybridized carbons (Fsp3) is 0.286. The molecule has 1 aromatic heterocycles. The van der Waals surface area contributed by atoms with E-state index >= 15 is 0 Å². The fourth-order valence-electron chi connectivity index (χ4n) is 2.61. The van der Waals surface area contributed by atoms with Gasteiger partial charge in [0.2, 0.25) is 11.9 Å². The Morgan fingerprint density at radius 3 is 1.45 bits per heavy atom. The van der Waals surface area contributed by atoms with E-state index < -0.39 is 0 Å². The van der Waals surface area contributed by atoms with Crippen LogP contribution < -0.4 is 25.2 Å². The summed E-state index contributed by atoms with van der Waals surface area (Å²) in [5.41, 5.74) is 3.99. The molecule has 29 heavy (non-hydrogen) atoms. The Kier molecular flexibility index (Phi) is 6.33. The lowest BCUT2D eigenvalue weighted by Crippen LogP contribution is -2.09. The number of anilines is 6. The monoisotopic (exact) mass is 393 g/mol. The summed E-state index contributed by atoms with van der Waals surface area (Å²) in [6.45, 7) is 2.36. The van der Waals surface area contributed by atoms with Crippen molar-refractivity contribution in [3.8, 4) is 6.01 Å². The summed E-state index contributed by atoms with van der Waals surface area (Å²) < 4.78 is 5.51. The summed E-state index contributed by atoms with van der Waals surface area (Å²) in [4.78, 5) is 17.3. The molecule has 152 valence electrons. The zero-order valence-corrected chi connectivity index (χ0v) is 17.5. The van der Waals surface area contributed by atoms with Crippen LogP contribution in [0.3, 0.4) is 0 Å². The van der Waals surface area contributed by atoms with Crippen LogP contribution in [-0.2, 0) is 0 Å². The lowest BCUT2D eigenvalue weighted by atomic mass is 10.2. The van der Waals surface area contributed by atoms with Crippen molar-refractivity contribution < 1.29 is 4.74 Å². The van der Waals surface area contributed by atoms with Gasteiger partial charge < -0.3 is 25.2 Å². The smallest absolute Gasteiger partial charge is 0.323 e. The molecule has 1 heterocycles. The number of hydrogen-bond donors (Lipinski definition) is 2. The third kappa shape index (κ3) is 5.47. The van der Waals surface area contributed by atoms with E-state index in [-0.39, 0.29) is 6.01 Å². The van der Waals surface area contributed by atoms with Gasteiger partial charge in [0.25, 0.3) is 0 Å². The van der Waals surface area contributed by atoms with Crippen LogP contribution in [0.25, 0.3) is 0 Å². The maximum absolute atomic E-state index is 5.51. The summed E-state index contributed by atoms with van der Waals surface area (Å²) in [5.74, 6) is 0.821. The molecule has 2 aromatic carbocycles. The first-order valence-corrected chi connectivity index (χ1v) is 9.42. The molecule has 0 saturated carbocycles. The van der Waals surface area contributed by atoms with Gasteiger partial charge in [-0.25, -0.2) is 0 Å². The molecule has 0 bridgehead atoms. The van der Waals surface area contributed by atoms with Crippen molar-refractivity contribution in [3.05, 3.63) is 48.5 Å². The van der Waals surface area contributed by atoms with Crippen LogP contribution in [0, 0.1) is 0 Å². The molecule has 8 nitrogen and oxygen atoms in total. The molecule has 0 radical (unpaired) electrons. The van der Waals surface area contributed by atoms with E-state index in [0.29, 0.717) is 18.5 Å². The molecule has 0 aliphatic heterocycles. The molecule has 3 rings (SSSR count). The van der Waals surface area contributed by atoms with Crippen molar-refractivity contribution in [1.29, 1.82) is 0 Å². The molecule has 0 spiro atoms. The second-order valence-electron chi connectivity index (χ2n) is 6.83. The Bertz CT molecular complexity index is 853. The molecule has 0 fully saturated rings. The van der Waals surface area contributed by atoms with Gasteiger partial charge >= 0.3 is 6.01 Å². The van der Waals surface area contributed by atoms with Gasteiger partial charge in [0.1, 0.15) is 0 Å². The molecule has 0 aliphatic rings. The van der Waals surface area contributed by atoms with Crippen molar-refractivity contribution in [1.82, 2.24) is 15.0 Å². The van der Waals surface area contributed by atoms with Gasteiger partial charge in [0, 0.05) is 50.9 Å². The molecule has 0 aliphatic carbocycles. The molecular weight excluding hydrogens is 366 g/mol. The molecule has 3 aromatic rings. The summed E-state index contributed by atoms with van der Waals surface area (Å²) in [7, 11) is 8.02. The SMILES string of the molecule is CCOc1nc(Nc2ccc(N(C)C)cc2)nc(Nc2ccc(N(C)C)cc2)n1. The van der Waals surface area contributed by atoms with Crippen molar-refractivity contribution in [2.24, 2.45) is 0 Å². The topological polar surface area (TPSA) is 78.4 Å².